The maximum absolute atomic E-state index is 10.9. The van der Waals surface area contributed by atoms with Crippen LogP contribution in [0.25, 0.3) is 0 Å². The van der Waals surface area contributed by atoms with Gasteiger partial charge in [-0.1, -0.05) is 30.3 Å². The molecule has 0 aliphatic rings. The number of aromatic nitrogens is 2. The number of hydrogen-bond donors (Lipinski definition) is 4. The van der Waals surface area contributed by atoms with Crippen molar-refractivity contribution in [3.05, 3.63) is 54.1 Å². The van der Waals surface area contributed by atoms with Crippen molar-refractivity contribution in [2.75, 3.05) is 7.11 Å². The van der Waals surface area contributed by atoms with Gasteiger partial charge in [0, 0.05) is 19.2 Å². The summed E-state index contributed by atoms with van der Waals surface area (Å²) < 4.78 is 4.46. The highest BCUT2D eigenvalue weighted by Gasteiger charge is 2.14. The van der Waals surface area contributed by atoms with E-state index < -0.39 is 18.0 Å². The van der Waals surface area contributed by atoms with E-state index in [4.69, 9.17) is 11.5 Å². The van der Waals surface area contributed by atoms with Crippen molar-refractivity contribution in [3.63, 3.8) is 0 Å². The minimum absolute atomic E-state index is 0.399. The van der Waals surface area contributed by atoms with Gasteiger partial charge in [0.05, 0.1) is 19.1 Å². The van der Waals surface area contributed by atoms with Crippen LogP contribution in [0.4, 0.5) is 4.79 Å². The molecule has 0 radical (unpaired) electrons. The predicted molar refractivity (Wildman–Crippen MR) is 85.1 cm³/mol. The van der Waals surface area contributed by atoms with E-state index in [9.17, 15) is 9.59 Å². The van der Waals surface area contributed by atoms with E-state index in [2.05, 4.69) is 20.0 Å². The van der Waals surface area contributed by atoms with E-state index in [1.807, 2.05) is 30.3 Å². The fraction of sp³-hybridized carbons (Fsp3) is 0.267. The second-order valence-electron chi connectivity index (χ2n) is 4.60. The molecule has 0 bridgehead atoms. The number of nitrogens with zero attached hydrogens (tertiary/aromatic N) is 1. The van der Waals surface area contributed by atoms with Gasteiger partial charge in [0.1, 0.15) is 6.04 Å². The number of aromatic amines is 1. The van der Waals surface area contributed by atoms with Gasteiger partial charge in [-0.3, -0.25) is 4.79 Å². The van der Waals surface area contributed by atoms with Crippen LogP contribution in [0.15, 0.2) is 42.9 Å². The maximum Gasteiger partial charge on any atom is 0.323 e. The highest BCUT2D eigenvalue weighted by Crippen LogP contribution is 1.97. The Kier molecular flexibility index (Phi) is 7.87. The summed E-state index contributed by atoms with van der Waals surface area (Å²) in [6.07, 6.45) is 3.64. The number of amides is 2. The number of rotatable bonds is 5. The predicted octanol–water partition coefficient (Wildman–Crippen LogP) is 0.307. The number of primary amides is 1. The number of nitrogens with one attached hydrogen (secondary N) is 2. The van der Waals surface area contributed by atoms with Gasteiger partial charge in [-0.15, -0.1) is 0 Å². The minimum atomic E-state index is -0.627. The summed E-state index contributed by atoms with van der Waals surface area (Å²) in [6.45, 7) is 0.496. The van der Waals surface area contributed by atoms with E-state index in [1.54, 1.807) is 12.5 Å². The number of imidazole rings is 1. The summed E-state index contributed by atoms with van der Waals surface area (Å²) in [4.78, 5) is 27.8. The molecule has 8 heteroatoms. The van der Waals surface area contributed by atoms with Crippen LogP contribution in [0.5, 0.6) is 0 Å². The minimum Gasteiger partial charge on any atom is -0.468 e. The first-order valence-electron chi connectivity index (χ1n) is 6.91. The SMILES string of the molecule is COC(=O)[C@@H](N)Cc1c[nH]cn1.NC(=O)NCc1ccccc1. The highest BCUT2D eigenvalue weighted by molar-refractivity contribution is 5.75. The number of H-pyrrole nitrogens is 1. The Hall–Kier alpha value is -2.87. The Balaban J connectivity index is 0.000000231. The number of urea groups is 1. The molecule has 8 nitrogen and oxygen atoms in total. The number of carbonyl (C=O) groups is 2. The standard InChI is InChI=1S/C8H10N2O.C7H11N3O2/c9-8(11)10-6-7-4-2-1-3-5-7;1-12-7(11)6(8)2-5-3-9-4-10-5/h1-5H,6H2,(H3,9,10,11);3-4,6H,2,8H2,1H3,(H,9,10)/t;6-/m.0/s1. The monoisotopic (exact) mass is 319 g/mol. The molecule has 0 saturated carbocycles. The van der Waals surface area contributed by atoms with Gasteiger partial charge in [-0.25, -0.2) is 9.78 Å². The molecule has 2 rings (SSSR count). The van der Waals surface area contributed by atoms with Gasteiger partial charge < -0.3 is 26.5 Å². The van der Waals surface area contributed by atoms with Crippen LogP contribution in [0, 0.1) is 0 Å². The quantitative estimate of drug-likeness (QED) is 0.588. The fourth-order valence-electron chi connectivity index (χ4n) is 1.65. The molecule has 1 aromatic carbocycles. The first-order valence-corrected chi connectivity index (χ1v) is 6.91. The van der Waals surface area contributed by atoms with Crippen LogP contribution in [0.3, 0.4) is 0 Å². The third kappa shape index (κ3) is 7.63. The molecule has 2 amide bonds. The van der Waals surface area contributed by atoms with E-state index in [-0.39, 0.29) is 0 Å². The van der Waals surface area contributed by atoms with Crippen LogP contribution in [-0.2, 0) is 22.5 Å². The Morgan fingerprint density at radius 2 is 2.04 bits per heavy atom. The van der Waals surface area contributed by atoms with E-state index >= 15 is 0 Å². The second-order valence-corrected chi connectivity index (χ2v) is 4.60. The molecule has 6 N–H and O–H groups in total. The maximum atomic E-state index is 10.9. The number of carbonyl (C=O) groups excluding carboxylic acids is 2. The average Bonchev–Trinajstić information content (AvgIpc) is 3.06. The molecule has 23 heavy (non-hydrogen) atoms. The molecule has 1 atom stereocenters. The lowest BCUT2D eigenvalue weighted by Gasteiger charge is -2.05. The number of methoxy groups -OCH3 is 1. The molecular weight excluding hydrogens is 298 g/mol. The topological polar surface area (TPSA) is 136 Å². The molecule has 124 valence electrons. The Labute approximate surface area is 134 Å². The molecule has 1 heterocycles. The van der Waals surface area contributed by atoms with Gasteiger partial charge in [-0.2, -0.15) is 0 Å². The number of esters is 1. The van der Waals surface area contributed by atoms with Crippen molar-refractivity contribution in [2.24, 2.45) is 11.5 Å². The fourth-order valence-corrected chi connectivity index (χ4v) is 1.65. The molecule has 0 aliphatic heterocycles. The first-order chi connectivity index (χ1) is 11.0. The first kappa shape index (κ1) is 18.2. The van der Waals surface area contributed by atoms with Crippen molar-refractivity contribution in [2.45, 2.75) is 19.0 Å². The third-order valence-corrected chi connectivity index (χ3v) is 2.80. The van der Waals surface area contributed by atoms with E-state index in [1.165, 1.54) is 7.11 Å². The molecular formula is C15H21N5O3. The van der Waals surface area contributed by atoms with Gasteiger partial charge in [-0.05, 0) is 5.56 Å². The normalized spacial score (nSPS) is 10.9. The Morgan fingerprint density at radius 3 is 2.57 bits per heavy atom. The van der Waals surface area contributed by atoms with Crippen molar-refractivity contribution in [1.29, 1.82) is 0 Å². The van der Waals surface area contributed by atoms with Crippen LogP contribution in [0.2, 0.25) is 0 Å². The summed E-state index contributed by atoms with van der Waals surface area (Å²) in [7, 11) is 1.31. The van der Waals surface area contributed by atoms with Gasteiger partial charge in [0.15, 0.2) is 0 Å². The van der Waals surface area contributed by atoms with Crippen molar-refractivity contribution in [1.82, 2.24) is 15.3 Å². The number of nitrogens with two attached hydrogens (primary N) is 2. The Bertz CT molecular complexity index is 586. The lowest BCUT2D eigenvalue weighted by Crippen LogP contribution is -2.33. The summed E-state index contributed by atoms with van der Waals surface area (Å²) >= 11 is 0. The summed E-state index contributed by atoms with van der Waals surface area (Å²) in [5.74, 6) is -0.419. The highest BCUT2D eigenvalue weighted by atomic mass is 16.5. The van der Waals surface area contributed by atoms with Crippen LogP contribution >= 0.6 is 0 Å². The number of ether oxygens (including phenoxy) is 1. The number of benzene rings is 1. The van der Waals surface area contributed by atoms with Crippen molar-refractivity contribution < 1.29 is 14.3 Å². The van der Waals surface area contributed by atoms with Gasteiger partial charge in [0.2, 0.25) is 0 Å². The van der Waals surface area contributed by atoms with E-state index in [0.717, 1.165) is 11.3 Å². The third-order valence-electron chi connectivity index (χ3n) is 2.80. The molecule has 0 aliphatic carbocycles. The zero-order chi connectivity index (χ0) is 17.1. The molecule has 0 spiro atoms. The van der Waals surface area contributed by atoms with Gasteiger partial charge in [0.25, 0.3) is 0 Å². The van der Waals surface area contributed by atoms with Crippen molar-refractivity contribution >= 4 is 12.0 Å². The van der Waals surface area contributed by atoms with E-state index in [0.29, 0.717) is 13.0 Å². The van der Waals surface area contributed by atoms with Crippen LogP contribution in [-0.4, -0.2) is 35.1 Å². The second kappa shape index (κ2) is 9.96. The smallest absolute Gasteiger partial charge is 0.323 e. The van der Waals surface area contributed by atoms with Crippen molar-refractivity contribution in [3.8, 4) is 0 Å². The zero-order valence-corrected chi connectivity index (χ0v) is 12.9. The lowest BCUT2D eigenvalue weighted by molar-refractivity contribution is -0.142. The molecule has 0 fully saturated rings. The van der Waals surface area contributed by atoms with Gasteiger partial charge >= 0.3 is 12.0 Å². The average molecular weight is 319 g/mol. The zero-order valence-electron chi connectivity index (χ0n) is 12.9. The van der Waals surface area contributed by atoms with Crippen LogP contribution < -0.4 is 16.8 Å². The summed E-state index contributed by atoms with van der Waals surface area (Å²) in [5.41, 5.74) is 12.2. The lowest BCUT2D eigenvalue weighted by atomic mass is 10.2. The molecule has 2 aromatic rings. The van der Waals surface area contributed by atoms with Crippen LogP contribution in [0.1, 0.15) is 11.3 Å². The Morgan fingerprint density at radius 1 is 1.35 bits per heavy atom. The largest absolute Gasteiger partial charge is 0.468 e. The summed E-state index contributed by atoms with van der Waals surface area (Å²) in [6, 6.07) is 8.49. The molecule has 0 saturated heterocycles. The molecule has 1 aromatic heterocycles. The number of hydrogen-bond acceptors (Lipinski definition) is 5. The summed E-state index contributed by atoms with van der Waals surface area (Å²) in [5, 5.41) is 2.50. The molecule has 0 unspecified atom stereocenters.